The first-order chi connectivity index (χ1) is 9.28. The number of imidazole rings is 1. The summed E-state index contributed by atoms with van der Waals surface area (Å²) in [5.41, 5.74) is 3.07. The fraction of sp³-hybridized carbons (Fsp3) is 0.133. The van der Waals surface area contributed by atoms with Crippen molar-refractivity contribution in [2.75, 3.05) is 0 Å². The van der Waals surface area contributed by atoms with Crippen LogP contribution in [0.1, 0.15) is 11.3 Å². The Morgan fingerprint density at radius 1 is 1.21 bits per heavy atom. The molecule has 0 bridgehead atoms. The molecule has 3 nitrogen and oxygen atoms in total. The van der Waals surface area contributed by atoms with Crippen LogP contribution >= 0.6 is 15.9 Å². The largest absolute Gasteiger partial charge is 0.437 e. The summed E-state index contributed by atoms with van der Waals surface area (Å²) >= 11 is 3.50. The van der Waals surface area contributed by atoms with Crippen LogP contribution in [0.2, 0.25) is 0 Å². The summed E-state index contributed by atoms with van der Waals surface area (Å²) in [7, 11) is 0. The van der Waals surface area contributed by atoms with Crippen LogP contribution in [0.5, 0.6) is 11.6 Å². The van der Waals surface area contributed by atoms with Gasteiger partial charge in [0.15, 0.2) is 0 Å². The number of ether oxygens (including phenoxy) is 1. The highest BCUT2D eigenvalue weighted by molar-refractivity contribution is 9.08. The van der Waals surface area contributed by atoms with Gasteiger partial charge in [-0.05, 0) is 36.8 Å². The van der Waals surface area contributed by atoms with Gasteiger partial charge >= 0.3 is 0 Å². The third-order valence-electron chi connectivity index (χ3n) is 2.92. The van der Waals surface area contributed by atoms with Crippen LogP contribution in [-0.2, 0) is 5.33 Å². The molecule has 0 fully saturated rings. The number of benzene rings is 1. The van der Waals surface area contributed by atoms with Crippen molar-refractivity contribution >= 4 is 21.6 Å². The molecule has 0 aliphatic carbocycles. The van der Waals surface area contributed by atoms with Crippen molar-refractivity contribution in [2.24, 2.45) is 0 Å². The highest BCUT2D eigenvalue weighted by atomic mass is 79.9. The van der Waals surface area contributed by atoms with Crippen molar-refractivity contribution in [1.29, 1.82) is 0 Å². The number of alkyl halides is 1. The van der Waals surface area contributed by atoms with Gasteiger partial charge in [-0.25, -0.2) is 0 Å². The quantitative estimate of drug-likeness (QED) is 0.672. The molecule has 0 atom stereocenters. The molecule has 0 unspecified atom stereocenters. The molecule has 3 rings (SSSR count). The van der Waals surface area contributed by atoms with E-state index in [0.29, 0.717) is 11.2 Å². The molecule has 2 heterocycles. The molecule has 0 spiro atoms. The third kappa shape index (κ3) is 2.36. The Morgan fingerprint density at radius 2 is 2.11 bits per heavy atom. The van der Waals surface area contributed by atoms with E-state index in [4.69, 9.17) is 4.74 Å². The molecule has 0 aliphatic heterocycles. The Labute approximate surface area is 120 Å². The molecule has 0 saturated heterocycles. The topological polar surface area (TPSA) is 26.5 Å². The standard InChI is InChI=1S/C15H13BrN2O/c1-11-5-4-6-12(9-11)19-15-13(10-16)18-8-3-2-7-14(18)17-15/h2-9H,10H2,1H3. The van der Waals surface area contributed by atoms with E-state index in [1.165, 1.54) is 5.56 Å². The van der Waals surface area contributed by atoms with E-state index in [9.17, 15) is 0 Å². The van der Waals surface area contributed by atoms with E-state index in [2.05, 4.69) is 20.9 Å². The normalized spacial score (nSPS) is 10.8. The number of rotatable bonds is 3. The van der Waals surface area contributed by atoms with E-state index < -0.39 is 0 Å². The number of nitrogens with zero attached hydrogens (tertiary/aromatic N) is 2. The van der Waals surface area contributed by atoms with Gasteiger partial charge in [0.25, 0.3) is 0 Å². The van der Waals surface area contributed by atoms with Gasteiger partial charge in [-0.15, -0.1) is 0 Å². The lowest BCUT2D eigenvalue weighted by molar-refractivity contribution is 0.461. The minimum absolute atomic E-state index is 0.647. The predicted octanol–water partition coefficient (Wildman–Crippen LogP) is 4.33. The Hall–Kier alpha value is -1.81. The maximum absolute atomic E-state index is 5.90. The van der Waals surface area contributed by atoms with Gasteiger partial charge in [0.05, 0.1) is 5.69 Å². The van der Waals surface area contributed by atoms with E-state index in [0.717, 1.165) is 17.1 Å². The van der Waals surface area contributed by atoms with E-state index in [-0.39, 0.29) is 0 Å². The zero-order chi connectivity index (χ0) is 13.2. The zero-order valence-electron chi connectivity index (χ0n) is 10.5. The third-order valence-corrected chi connectivity index (χ3v) is 3.45. The van der Waals surface area contributed by atoms with Crippen molar-refractivity contribution in [3.8, 4) is 11.6 Å². The summed E-state index contributed by atoms with van der Waals surface area (Å²) in [6.07, 6.45) is 1.99. The zero-order valence-corrected chi connectivity index (χ0v) is 12.1. The molecule has 19 heavy (non-hydrogen) atoms. The summed E-state index contributed by atoms with van der Waals surface area (Å²) in [4.78, 5) is 4.52. The van der Waals surface area contributed by atoms with Crippen LogP contribution in [0.3, 0.4) is 0 Å². The predicted molar refractivity (Wildman–Crippen MR) is 79.1 cm³/mol. The lowest BCUT2D eigenvalue weighted by Crippen LogP contribution is -1.91. The molecule has 1 aromatic carbocycles. The monoisotopic (exact) mass is 316 g/mol. The van der Waals surface area contributed by atoms with E-state index in [1.807, 2.05) is 60.0 Å². The van der Waals surface area contributed by atoms with Crippen LogP contribution in [0.25, 0.3) is 5.65 Å². The Morgan fingerprint density at radius 3 is 2.89 bits per heavy atom. The number of pyridine rings is 1. The summed E-state index contributed by atoms with van der Waals surface area (Å²) in [6, 6.07) is 13.9. The number of hydrogen-bond donors (Lipinski definition) is 0. The number of hydrogen-bond acceptors (Lipinski definition) is 2. The Balaban J connectivity index is 2.05. The highest BCUT2D eigenvalue weighted by Crippen LogP contribution is 2.27. The van der Waals surface area contributed by atoms with Crippen LogP contribution in [0, 0.1) is 6.92 Å². The van der Waals surface area contributed by atoms with Gasteiger partial charge < -0.3 is 4.74 Å². The second-order valence-corrected chi connectivity index (χ2v) is 4.91. The molecule has 0 radical (unpaired) electrons. The minimum atomic E-state index is 0.647. The second kappa shape index (κ2) is 5.05. The van der Waals surface area contributed by atoms with Gasteiger partial charge in [-0.1, -0.05) is 34.1 Å². The summed E-state index contributed by atoms with van der Waals surface area (Å²) in [5.74, 6) is 1.46. The number of halogens is 1. The fourth-order valence-electron chi connectivity index (χ4n) is 2.02. The van der Waals surface area contributed by atoms with Gasteiger partial charge in [0.1, 0.15) is 11.4 Å². The first-order valence-electron chi connectivity index (χ1n) is 6.04. The Kier molecular flexibility index (Phi) is 3.25. The first-order valence-corrected chi connectivity index (χ1v) is 7.16. The molecule has 96 valence electrons. The Bertz CT molecular complexity index is 721. The number of fused-ring (bicyclic) bond motifs is 1. The maximum Gasteiger partial charge on any atom is 0.242 e. The van der Waals surface area contributed by atoms with Crippen molar-refractivity contribution in [2.45, 2.75) is 12.3 Å². The summed E-state index contributed by atoms with van der Waals surface area (Å²) in [6.45, 7) is 2.04. The lowest BCUT2D eigenvalue weighted by atomic mass is 10.2. The van der Waals surface area contributed by atoms with E-state index in [1.54, 1.807) is 0 Å². The second-order valence-electron chi connectivity index (χ2n) is 4.34. The minimum Gasteiger partial charge on any atom is -0.437 e. The highest BCUT2D eigenvalue weighted by Gasteiger charge is 2.12. The van der Waals surface area contributed by atoms with Gasteiger partial charge in [-0.3, -0.25) is 4.40 Å². The van der Waals surface area contributed by atoms with Crippen molar-refractivity contribution in [1.82, 2.24) is 9.38 Å². The molecule has 0 aliphatic rings. The van der Waals surface area contributed by atoms with Crippen molar-refractivity contribution in [3.05, 3.63) is 59.9 Å². The molecule has 0 amide bonds. The van der Waals surface area contributed by atoms with Gasteiger partial charge in [0, 0.05) is 11.5 Å². The SMILES string of the molecule is Cc1cccc(Oc2nc3ccccn3c2CBr)c1. The van der Waals surface area contributed by atoms with Crippen molar-refractivity contribution < 1.29 is 4.74 Å². The van der Waals surface area contributed by atoms with E-state index >= 15 is 0 Å². The summed E-state index contributed by atoms with van der Waals surface area (Å²) in [5, 5.41) is 0.694. The molecular weight excluding hydrogens is 304 g/mol. The van der Waals surface area contributed by atoms with Crippen LogP contribution in [0.15, 0.2) is 48.7 Å². The molecular formula is C15H13BrN2O. The van der Waals surface area contributed by atoms with Crippen LogP contribution in [-0.4, -0.2) is 9.38 Å². The molecule has 4 heteroatoms. The van der Waals surface area contributed by atoms with Crippen LogP contribution < -0.4 is 4.74 Å². The number of aromatic nitrogens is 2. The average Bonchev–Trinajstić information content (AvgIpc) is 2.75. The molecule has 3 aromatic rings. The average molecular weight is 317 g/mol. The molecule has 2 aromatic heterocycles. The number of aryl methyl sites for hydroxylation is 1. The summed E-state index contributed by atoms with van der Waals surface area (Å²) < 4.78 is 7.93. The molecule has 0 saturated carbocycles. The van der Waals surface area contributed by atoms with Gasteiger partial charge in [-0.2, -0.15) is 4.98 Å². The van der Waals surface area contributed by atoms with Crippen LogP contribution in [0.4, 0.5) is 0 Å². The fourth-order valence-corrected chi connectivity index (χ4v) is 2.53. The molecule has 0 N–H and O–H groups in total. The van der Waals surface area contributed by atoms with Gasteiger partial charge in [0.2, 0.25) is 5.88 Å². The maximum atomic E-state index is 5.90. The van der Waals surface area contributed by atoms with Crippen molar-refractivity contribution in [3.63, 3.8) is 0 Å². The lowest BCUT2D eigenvalue weighted by Gasteiger charge is -2.05. The first kappa shape index (κ1) is 12.2. The smallest absolute Gasteiger partial charge is 0.242 e.